The zero-order chi connectivity index (χ0) is 11.4. The number of Topliss-reactive ketones (excluding diaryl/α,β-unsaturated/α-hetero) is 1. The second-order valence-corrected chi connectivity index (χ2v) is 3.95. The molecule has 1 heterocycles. The monoisotopic (exact) mass is 213 g/mol. The molecule has 82 valence electrons. The van der Waals surface area contributed by atoms with Crippen molar-refractivity contribution in [3.05, 3.63) is 47.0 Å². The van der Waals surface area contributed by atoms with Crippen LogP contribution in [-0.4, -0.2) is 18.5 Å². The average Bonchev–Trinajstić information content (AvgIpc) is 2.33. The number of hydrogen-bond acceptors (Lipinski definition) is 2. The van der Waals surface area contributed by atoms with Gasteiger partial charge in [0.05, 0.1) is 0 Å². The lowest BCUT2D eigenvalue weighted by atomic mass is 9.99. The van der Waals surface area contributed by atoms with Crippen LogP contribution in [0.4, 0.5) is 0 Å². The summed E-state index contributed by atoms with van der Waals surface area (Å²) in [7, 11) is 0. The third-order valence-corrected chi connectivity index (χ3v) is 2.80. The molecule has 0 saturated carbocycles. The number of carbonyl (C=O) groups is 1. The number of nitrogens with zero attached hydrogens (tertiary/aromatic N) is 1. The van der Waals surface area contributed by atoms with Gasteiger partial charge in [0.25, 0.3) is 0 Å². The molecule has 0 unspecified atom stereocenters. The van der Waals surface area contributed by atoms with Gasteiger partial charge in [0.1, 0.15) is 6.54 Å². The van der Waals surface area contributed by atoms with Crippen molar-refractivity contribution >= 4 is 12.0 Å². The van der Waals surface area contributed by atoms with Gasteiger partial charge in [0.2, 0.25) is 0 Å². The number of ketones is 1. The summed E-state index contributed by atoms with van der Waals surface area (Å²) in [5, 5.41) is 0. The van der Waals surface area contributed by atoms with E-state index < -0.39 is 0 Å². The Morgan fingerprint density at radius 3 is 2.50 bits per heavy atom. The molecule has 0 bridgehead atoms. The van der Waals surface area contributed by atoms with Crippen molar-refractivity contribution < 1.29 is 4.79 Å². The average molecular weight is 213 g/mol. The Hall–Kier alpha value is -1.70. The van der Waals surface area contributed by atoms with Crippen molar-refractivity contribution in [2.24, 2.45) is 4.99 Å². The summed E-state index contributed by atoms with van der Waals surface area (Å²) >= 11 is 0. The first-order valence-corrected chi connectivity index (χ1v) is 5.59. The van der Waals surface area contributed by atoms with Gasteiger partial charge in [-0.05, 0) is 23.6 Å². The fourth-order valence-corrected chi connectivity index (χ4v) is 1.74. The molecule has 1 aromatic carbocycles. The topological polar surface area (TPSA) is 29.4 Å². The van der Waals surface area contributed by atoms with E-state index in [9.17, 15) is 4.79 Å². The van der Waals surface area contributed by atoms with Crippen LogP contribution < -0.4 is 0 Å². The minimum absolute atomic E-state index is 0.141. The number of hydrogen-bond donors (Lipinski definition) is 0. The fraction of sp³-hybridized carbons (Fsp3) is 0.286. The standard InChI is InChI=1S/C14H15NO/c1-2-11-3-5-12(6-4-11)9-13-7-8-15-10-14(13)16/h3-8H,2,9-10H2,1H3. The SMILES string of the molecule is CCc1ccc(CC2=CC=NCC2=O)cc1. The Balaban J connectivity index is 2.11. The van der Waals surface area contributed by atoms with Crippen LogP contribution in [0, 0.1) is 0 Å². The van der Waals surface area contributed by atoms with Gasteiger partial charge in [0.15, 0.2) is 5.78 Å². The number of carbonyl (C=O) groups excluding carboxylic acids is 1. The van der Waals surface area contributed by atoms with Gasteiger partial charge in [-0.1, -0.05) is 31.2 Å². The quantitative estimate of drug-likeness (QED) is 0.758. The lowest BCUT2D eigenvalue weighted by molar-refractivity contribution is -0.114. The summed E-state index contributed by atoms with van der Waals surface area (Å²) in [6, 6.07) is 8.44. The molecule has 1 aliphatic rings. The van der Waals surface area contributed by atoms with Crippen molar-refractivity contribution in [2.75, 3.05) is 6.54 Å². The highest BCUT2D eigenvalue weighted by Crippen LogP contribution is 2.12. The maximum absolute atomic E-state index is 11.5. The lowest BCUT2D eigenvalue weighted by Crippen LogP contribution is -2.12. The fourth-order valence-electron chi connectivity index (χ4n) is 1.74. The molecule has 2 heteroatoms. The molecule has 1 aromatic rings. The van der Waals surface area contributed by atoms with E-state index in [0.717, 1.165) is 18.4 Å². The van der Waals surface area contributed by atoms with Crippen molar-refractivity contribution in [3.8, 4) is 0 Å². The zero-order valence-corrected chi connectivity index (χ0v) is 9.44. The largest absolute Gasteiger partial charge is 0.292 e. The Morgan fingerprint density at radius 2 is 1.88 bits per heavy atom. The Labute approximate surface area is 95.7 Å². The van der Waals surface area contributed by atoms with Gasteiger partial charge in [-0.2, -0.15) is 0 Å². The summed E-state index contributed by atoms with van der Waals surface area (Å²) in [5.74, 6) is 0.141. The van der Waals surface area contributed by atoms with Gasteiger partial charge in [-0.3, -0.25) is 9.79 Å². The van der Waals surface area contributed by atoms with Crippen molar-refractivity contribution in [2.45, 2.75) is 19.8 Å². The summed E-state index contributed by atoms with van der Waals surface area (Å²) in [4.78, 5) is 15.5. The van der Waals surface area contributed by atoms with E-state index in [1.165, 1.54) is 11.1 Å². The highest BCUT2D eigenvalue weighted by molar-refractivity contribution is 6.03. The molecule has 0 atom stereocenters. The first kappa shape index (κ1) is 10.8. The summed E-state index contributed by atoms with van der Waals surface area (Å²) in [5.41, 5.74) is 3.38. The van der Waals surface area contributed by atoms with Crippen LogP contribution in [0.3, 0.4) is 0 Å². The number of aryl methyl sites for hydroxylation is 1. The minimum atomic E-state index is 0.141. The van der Waals surface area contributed by atoms with Crippen molar-refractivity contribution in [1.82, 2.24) is 0 Å². The molecule has 16 heavy (non-hydrogen) atoms. The van der Waals surface area contributed by atoms with Crippen LogP contribution >= 0.6 is 0 Å². The van der Waals surface area contributed by atoms with E-state index >= 15 is 0 Å². The van der Waals surface area contributed by atoms with Crippen LogP contribution in [-0.2, 0) is 17.6 Å². The molecule has 0 fully saturated rings. The Morgan fingerprint density at radius 1 is 1.19 bits per heavy atom. The van der Waals surface area contributed by atoms with Gasteiger partial charge >= 0.3 is 0 Å². The molecular weight excluding hydrogens is 198 g/mol. The minimum Gasteiger partial charge on any atom is -0.292 e. The van der Waals surface area contributed by atoms with Crippen LogP contribution in [0.5, 0.6) is 0 Å². The summed E-state index contributed by atoms with van der Waals surface area (Å²) in [6.45, 7) is 2.44. The lowest BCUT2D eigenvalue weighted by Gasteiger charge is -2.08. The number of rotatable bonds is 3. The molecule has 1 aliphatic heterocycles. The Kier molecular flexibility index (Phi) is 3.30. The van der Waals surface area contributed by atoms with E-state index in [4.69, 9.17) is 0 Å². The first-order valence-electron chi connectivity index (χ1n) is 5.59. The van der Waals surface area contributed by atoms with E-state index in [2.05, 4.69) is 36.2 Å². The van der Waals surface area contributed by atoms with Gasteiger partial charge in [-0.25, -0.2) is 0 Å². The molecule has 0 aliphatic carbocycles. The zero-order valence-electron chi connectivity index (χ0n) is 9.44. The van der Waals surface area contributed by atoms with E-state index in [1.807, 2.05) is 6.08 Å². The van der Waals surface area contributed by atoms with Crippen molar-refractivity contribution in [1.29, 1.82) is 0 Å². The molecule has 0 saturated heterocycles. The van der Waals surface area contributed by atoms with E-state index in [1.54, 1.807) is 6.21 Å². The van der Waals surface area contributed by atoms with E-state index in [0.29, 0.717) is 6.54 Å². The van der Waals surface area contributed by atoms with E-state index in [-0.39, 0.29) is 5.78 Å². The second-order valence-electron chi connectivity index (χ2n) is 3.95. The smallest absolute Gasteiger partial charge is 0.180 e. The summed E-state index contributed by atoms with van der Waals surface area (Å²) in [6.07, 6.45) is 5.31. The highest BCUT2D eigenvalue weighted by Gasteiger charge is 2.11. The molecule has 2 nitrogen and oxygen atoms in total. The predicted molar refractivity (Wildman–Crippen MR) is 66.0 cm³/mol. The molecule has 0 aromatic heterocycles. The maximum atomic E-state index is 11.5. The normalized spacial score (nSPS) is 15.1. The Bertz CT molecular complexity index is 440. The third-order valence-electron chi connectivity index (χ3n) is 2.80. The van der Waals surface area contributed by atoms with Crippen LogP contribution in [0.25, 0.3) is 0 Å². The number of dihydropyridines is 1. The highest BCUT2D eigenvalue weighted by atomic mass is 16.1. The van der Waals surface area contributed by atoms with Crippen LogP contribution in [0.2, 0.25) is 0 Å². The maximum Gasteiger partial charge on any atom is 0.180 e. The van der Waals surface area contributed by atoms with Crippen molar-refractivity contribution in [3.63, 3.8) is 0 Å². The van der Waals surface area contributed by atoms with Crippen LogP contribution in [0.15, 0.2) is 40.9 Å². The molecule has 2 rings (SSSR count). The molecule has 0 spiro atoms. The predicted octanol–water partition coefficient (Wildman–Crippen LogP) is 2.37. The molecular formula is C14H15NO. The third kappa shape index (κ3) is 2.45. The van der Waals surface area contributed by atoms with Gasteiger partial charge in [0, 0.05) is 18.2 Å². The number of aliphatic imine (C=N–C) groups is 1. The number of benzene rings is 1. The second kappa shape index (κ2) is 4.88. The number of allylic oxidation sites excluding steroid dienone is 1. The van der Waals surface area contributed by atoms with Gasteiger partial charge < -0.3 is 0 Å². The molecule has 0 radical (unpaired) electrons. The van der Waals surface area contributed by atoms with Crippen LogP contribution in [0.1, 0.15) is 18.1 Å². The van der Waals surface area contributed by atoms with Gasteiger partial charge in [-0.15, -0.1) is 0 Å². The molecule has 0 N–H and O–H groups in total. The summed E-state index contributed by atoms with van der Waals surface area (Å²) < 4.78 is 0. The first-order chi connectivity index (χ1) is 7.79. The molecule has 0 amide bonds.